The first-order valence-electron chi connectivity index (χ1n) is 6.81. The molecule has 0 aliphatic carbocycles. The first-order valence-corrected chi connectivity index (χ1v) is 7.19. The molecule has 0 atom stereocenters. The Balaban J connectivity index is 1.89. The molecule has 21 heavy (non-hydrogen) atoms. The molecule has 0 fully saturated rings. The summed E-state index contributed by atoms with van der Waals surface area (Å²) in [7, 11) is 0. The van der Waals surface area contributed by atoms with Gasteiger partial charge in [0.1, 0.15) is 0 Å². The molecule has 0 aliphatic heterocycles. The number of hydrogen-bond acceptors (Lipinski definition) is 4. The predicted octanol–water partition coefficient (Wildman–Crippen LogP) is 2.25. The van der Waals surface area contributed by atoms with Crippen molar-refractivity contribution in [1.82, 2.24) is 15.5 Å². The molecule has 1 heterocycles. The molecule has 7 heteroatoms. The molecular formula is C14H18ClN5O. The number of halogens is 1. The monoisotopic (exact) mass is 307 g/mol. The molecular weight excluding hydrogens is 290 g/mol. The van der Waals surface area contributed by atoms with Crippen molar-refractivity contribution in [3.63, 3.8) is 0 Å². The molecule has 112 valence electrons. The third-order valence-corrected chi connectivity index (χ3v) is 2.94. The van der Waals surface area contributed by atoms with E-state index in [0.717, 1.165) is 18.5 Å². The van der Waals surface area contributed by atoms with Crippen LogP contribution < -0.4 is 11.1 Å². The van der Waals surface area contributed by atoms with Gasteiger partial charge in [0.2, 0.25) is 11.7 Å². The van der Waals surface area contributed by atoms with Crippen LogP contribution in [-0.4, -0.2) is 29.2 Å². The number of nitrogens with zero attached hydrogens (tertiary/aromatic N) is 3. The van der Waals surface area contributed by atoms with Crippen molar-refractivity contribution in [2.45, 2.75) is 19.8 Å². The molecule has 3 N–H and O–H groups in total. The zero-order valence-corrected chi connectivity index (χ0v) is 12.6. The van der Waals surface area contributed by atoms with E-state index in [0.29, 0.717) is 35.7 Å². The molecule has 0 radical (unpaired) electrons. The van der Waals surface area contributed by atoms with Crippen molar-refractivity contribution in [2.24, 2.45) is 10.7 Å². The van der Waals surface area contributed by atoms with Crippen molar-refractivity contribution < 1.29 is 4.52 Å². The summed E-state index contributed by atoms with van der Waals surface area (Å²) in [5, 5.41) is 7.58. The summed E-state index contributed by atoms with van der Waals surface area (Å²) >= 11 is 5.94. The van der Waals surface area contributed by atoms with Gasteiger partial charge >= 0.3 is 0 Å². The fraction of sp³-hybridized carbons (Fsp3) is 0.357. The lowest BCUT2D eigenvalue weighted by Crippen LogP contribution is -2.33. The highest BCUT2D eigenvalue weighted by molar-refractivity contribution is 6.30. The van der Waals surface area contributed by atoms with E-state index in [1.54, 1.807) is 12.1 Å². The standard InChI is InChI=1S/C14H18ClN5O/c1-2-7-17-14(16)18-8-6-12-19-13(20-21-12)10-4-3-5-11(15)9-10/h3-5,9H,2,6-8H2,1H3,(H3,16,17,18). The number of nitrogens with two attached hydrogens (primary N) is 1. The highest BCUT2D eigenvalue weighted by Gasteiger charge is 2.08. The van der Waals surface area contributed by atoms with Crippen molar-refractivity contribution in [2.75, 3.05) is 13.1 Å². The van der Waals surface area contributed by atoms with Crippen molar-refractivity contribution >= 4 is 17.6 Å². The SMILES string of the molecule is CCCN=C(N)NCCc1nc(-c2cccc(Cl)c2)no1. The fourth-order valence-corrected chi connectivity index (χ4v) is 1.88. The van der Waals surface area contributed by atoms with E-state index in [4.69, 9.17) is 21.9 Å². The molecule has 0 saturated carbocycles. The van der Waals surface area contributed by atoms with Crippen LogP contribution in [0.25, 0.3) is 11.4 Å². The average molecular weight is 308 g/mol. The van der Waals surface area contributed by atoms with Gasteiger partial charge in [-0.3, -0.25) is 4.99 Å². The van der Waals surface area contributed by atoms with Crippen LogP contribution in [0.1, 0.15) is 19.2 Å². The number of aliphatic imine (C=N–C) groups is 1. The van der Waals surface area contributed by atoms with Crippen LogP contribution in [0.5, 0.6) is 0 Å². The Bertz CT molecular complexity index is 611. The summed E-state index contributed by atoms with van der Waals surface area (Å²) in [6.45, 7) is 3.36. The van der Waals surface area contributed by atoms with Gasteiger partial charge in [-0.25, -0.2) is 0 Å². The van der Waals surface area contributed by atoms with E-state index in [2.05, 4.69) is 20.4 Å². The van der Waals surface area contributed by atoms with E-state index in [-0.39, 0.29) is 0 Å². The Labute approximate surface area is 128 Å². The van der Waals surface area contributed by atoms with Crippen LogP contribution in [0.2, 0.25) is 5.02 Å². The normalized spacial score (nSPS) is 11.6. The van der Waals surface area contributed by atoms with Crippen LogP contribution >= 0.6 is 11.6 Å². The second-order valence-electron chi connectivity index (χ2n) is 4.47. The minimum Gasteiger partial charge on any atom is -0.370 e. The van der Waals surface area contributed by atoms with E-state index < -0.39 is 0 Å². The van der Waals surface area contributed by atoms with Gasteiger partial charge in [-0.05, 0) is 18.6 Å². The second-order valence-corrected chi connectivity index (χ2v) is 4.90. The zero-order valence-electron chi connectivity index (χ0n) is 11.8. The number of guanidine groups is 1. The van der Waals surface area contributed by atoms with Crippen LogP contribution in [0.4, 0.5) is 0 Å². The number of nitrogens with one attached hydrogen (secondary N) is 1. The van der Waals surface area contributed by atoms with Crippen molar-refractivity contribution in [3.8, 4) is 11.4 Å². The van der Waals surface area contributed by atoms with Crippen molar-refractivity contribution in [1.29, 1.82) is 0 Å². The third-order valence-electron chi connectivity index (χ3n) is 2.70. The molecule has 0 spiro atoms. The third kappa shape index (κ3) is 4.75. The van der Waals surface area contributed by atoms with Gasteiger partial charge in [0.15, 0.2) is 5.96 Å². The summed E-state index contributed by atoms with van der Waals surface area (Å²) in [6.07, 6.45) is 1.55. The molecule has 1 aromatic heterocycles. The Kier molecular flexibility index (Phi) is 5.57. The maximum absolute atomic E-state index is 5.94. The van der Waals surface area contributed by atoms with E-state index in [9.17, 15) is 0 Å². The van der Waals surface area contributed by atoms with Gasteiger partial charge in [0.25, 0.3) is 0 Å². The van der Waals surface area contributed by atoms with Gasteiger partial charge in [-0.2, -0.15) is 4.98 Å². The predicted molar refractivity (Wildman–Crippen MR) is 83.2 cm³/mol. The zero-order chi connectivity index (χ0) is 15.1. The first-order chi connectivity index (χ1) is 10.2. The van der Waals surface area contributed by atoms with Gasteiger partial charge in [0, 0.05) is 30.1 Å². The van der Waals surface area contributed by atoms with Gasteiger partial charge in [-0.15, -0.1) is 0 Å². The molecule has 6 nitrogen and oxygen atoms in total. The van der Waals surface area contributed by atoms with Crippen LogP contribution in [0, 0.1) is 0 Å². The quantitative estimate of drug-likeness (QED) is 0.631. The molecule has 0 aliphatic rings. The number of aromatic nitrogens is 2. The second kappa shape index (κ2) is 7.64. The highest BCUT2D eigenvalue weighted by atomic mass is 35.5. The number of rotatable bonds is 6. The largest absolute Gasteiger partial charge is 0.370 e. The average Bonchev–Trinajstić information content (AvgIpc) is 2.94. The number of hydrogen-bond donors (Lipinski definition) is 2. The smallest absolute Gasteiger partial charge is 0.228 e. The van der Waals surface area contributed by atoms with Gasteiger partial charge in [0.05, 0.1) is 0 Å². The summed E-state index contributed by atoms with van der Waals surface area (Å²) in [6, 6.07) is 7.33. The topological polar surface area (TPSA) is 89.3 Å². The van der Waals surface area contributed by atoms with Gasteiger partial charge < -0.3 is 15.6 Å². The van der Waals surface area contributed by atoms with Gasteiger partial charge in [-0.1, -0.05) is 35.8 Å². The molecule has 2 aromatic rings. The molecule has 0 unspecified atom stereocenters. The molecule has 2 rings (SSSR count). The van der Waals surface area contributed by atoms with Crippen LogP contribution in [0.15, 0.2) is 33.8 Å². The summed E-state index contributed by atoms with van der Waals surface area (Å²) in [5.74, 6) is 1.51. The minimum atomic E-state index is 0.437. The Morgan fingerprint density at radius 3 is 3.10 bits per heavy atom. The van der Waals surface area contributed by atoms with E-state index in [1.165, 1.54) is 0 Å². The van der Waals surface area contributed by atoms with E-state index >= 15 is 0 Å². The molecule has 1 aromatic carbocycles. The Hall–Kier alpha value is -2.08. The van der Waals surface area contributed by atoms with Crippen LogP contribution in [0.3, 0.4) is 0 Å². The highest BCUT2D eigenvalue weighted by Crippen LogP contribution is 2.19. The van der Waals surface area contributed by atoms with E-state index in [1.807, 2.05) is 19.1 Å². The van der Waals surface area contributed by atoms with Crippen LogP contribution in [-0.2, 0) is 6.42 Å². The summed E-state index contributed by atoms with van der Waals surface area (Å²) < 4.78 is 5.20. The maximum Gasteiger partial charge on any atom is 0.228 e. The minimum absolute atomic E-state index is 0.437. The molecule has 0 saturated heterocycles. The first kappa shape index (κ1) is 15.3. The lowest BCUT2D eigenvalue weighted by Gasteiger charge is -2.02. The van der Waals surface area contributed by atoms with Crippen molar-refractivity contribution in [3.05, 3.63) is 35.2 Å². The lowest BCUT2D eigenvalue weighted by atomic mass is 10.2. The molecule has 0 amide bonds. The molecule has 0 bridgehead atoms. The lowest BCUT2D eigenvalue weighted by molar-refractivity contribution is 0.379. The Morgan fingerprint density at radius 1 is 1.48 bits per heavy atom. The Morgan fingerprint density at radius 2 is 2.33 bits per heavy atom. The summed E-state index contributed by atoms with van der Waals surface area (Å²) in [5.41, 5.74) is 6.52. The maximum atomic E-state index is 5.94. The number of benzene rings is 1. The summed E-state index contributed by atoms with van der Waals surface area (Å²) in [4.78, 5) is 8.46. The fourth-order valence-electron chi connectivity index (χ4n) is 1.69.